The molecule has 1 aromatic heterocycles. The summed E-state index contributed by atoms with van der Waals surface area (Å²) >= 11 is 0. The Kier molecular flexibility index (Phi) is 4.52. The third kappa shape index (κ3) is 3.15. The van der Waals surface area contributed by atoms with E-state index in [2.05, 4.69) is 5.21 Å². The molecule has 0 aliphatic carbocycles. The molecule has 2 aliphatic heterocycles. The summed E-state index contributed by atoms with van der Waals surface area (Å²) in [6, 6.07) is -1.49. The van der Waals surface area contributed by atoms with Crippen LogP contribution < -0.4 is 4.68 Å². The second kappa shape index (κ2) is 6.26. The first-order valence-electron chi connectivity index (χ1n) is 8.69. The number of aromatic nitrogens is 3. The monoisotopic (exact) mass is 415 g/mol. The molecule has 0 spiro atoms. The normalized spacial score (nSPS) is 28.6. The molecule has 1 aromatic rings. The Morgan fingerprint density at radius 2 is 2.07 bits per heavy atom. The molecule has 28 heavy (non-hydrogen) atoms. The van der Waals surface area contributed by atoms with Gasteiger partial charge in [-0.05, 0) is 27.7 Å². The van der Waals surface area contributed by atoms with E-state index in [0.717, 1.165) is 4.90 Å². The summed E-state index contributed by atoms with van der Waals surface area (Å²) in [5, 5.41) is 12.6. The third-order valence-electron chi connectivity index (χ3n) is 4.87. The molecular formula is C16H23N4O7S+. The van der Waals surface area contributed by atoms with Crippen molar-refractivity contribution in [3.8, 4) is 0 Å². The maximum Gasteiger partial charge on any atom is 0.351 e. The molecular weight excluding hydrogens is 392 g/mol. The van der Waals surface area contributed by atoms with Crippen molar-refractivity contribution >= 4 is 27.7 Å². The Hall–Kier alpha value is -2.50. The fourth-order valence-electron chi connectivity index (χ4n) is 3.65. The Balaban J connectivity index is 1.83. The first kappa shape index (κ1) is 20.2. The number of carboxylic acids is 1. The number of β-lactam (4-membered cyclic amide) rings is 1. The predicted octanol–water partition coefficient (Wildman–Crippen LogP) is -1.29. The highest BCUT2D eigenvalue weighted by atomic mass is 32.2. The molecule has 2 fully saturated rings. The average molecular weight is 415 g/mol. The van der Waals surface area contributed by atoms with Crippen molar-refractivity contribution in [2.24, 2.45) is 0 Å². The number of fused-ring (bicyclic) bond motifs is 1. The molecule has 0 saturated carbocycles. The van der Waals surface area contributed by atoms with Crippen molar-refractivity contribution in [3.63, 3.8) is 0 Å². The Labute approximate surface area is 161 Å². The molecule has 3 rings (SSSR count). The van der Waals surface area contributed by atoms with Crippen LogP contribution in [0.25, 0.3) is 0 Å². The van der Waals surface area contributed by atoms with E-state index in [-0.39, 0.29) is 19.5 Å². The van der Waals surface area contributed by atoms with Gasteiger partial charge in [0.05, 0.1) is 11.6 Å². The summed E-state index contributed by atoms with van der Waals surface area (Å²) in [4.78, 5) is 36.4. The van der Waals surface area contributed by atoms with Gasteiger partial charge in [0.15, 0.2) is 28.3 Å². The minimum atomic E-state index is -3.93. The summed E-state index contributed by atoms with van der Waals surface area (Å²) < 4.78 is 31.8. The molecule has 2 saturated heterocycles. The van der Waals surface area contributed by atoms with Gasteiger partial charge in [0.25, 0.3) is 0 Å². The van der Waals surface area contributed by atoms with Crippen molar-refractivity contribution in [2.75, 3.05) is 0 Å². The average Bonchev–Trinajstić information content (AvgIpc) is 2.98. The molecule has 1 amide bonds. The van der Waals surface area contributed by atoms with Crippen LogP contribution in [-0.4, -0.2) is 67.9 Å². The maximum absolute atomic E-state index is 12.9. The molecule has 3 heterocycles. The first-order chi connectivity index (χ1) is 12.8. The lowest BCUT2D eigenvalue weighted by molar-refractivity contribution is -0.745. The Morgan fingerprint density at radius 1 is 1.43 bits per heavy atom. The highest BCUT2D eigenvalue weighted by Gasteiger charge is 2.71. The molecule has 0 radical (unpaired) electrons. The van der Waals surface area contributed by atoms with E-state index in [1.165, 1.54) is 28.7 Å². The van der Waals surface area contributed by atoms with Crippen LogP contribution in [0.15, 0.2) is 12.4 Å². The van der Waals surface area contributed by atoms with Gasteiger partial charge in [-0.3, -0.25) is 4.79 Å². The number of nitrogens with zero attached hydrogens (tertiary/aromatic N) is 4. The number of esters is 1. The summed E-state index contributed by atoms with van der Waals surface area (Å²) in [5.74, 6) is -2.39. The van der Waals surface area contributed by atoms with E-state index in [9.17, 15) is 27.9 Å². The second-order valence-electron chi connectivity index (χ2n) is 8.23. The highest BCUT2D eigenvalue weighted by Crippen LogP contribution is 2.46. The van der Waals surface area contributed by atoms with Gasteiger partial charge in [-0.25, -0.2) is 18.0 Å². The van der Waals surface area contributed by atoms with E-state index in [1.54, 1.807) is 20.8 Å². The van der Waals surface area contributed by atoms with Crippen molar-refractivity contribution in [2.45, 2.75) is 69.0 Å². The summed E-state index contributed by atoms with van der Waals surface area (Å²) in [5.41, 5.74) is -0.652. The fourth-order valence-corrected chi connectivity index (χ4v) is 6.01. The standard InChI is InChI=1S/C16H22N4O7S/c1-15(2,3)27-12(22)8-18-5-6-19(17-18)9-16(4)13(14(23)24)20-10(21)7-11(20)28(16,25)26/h5-6,11,13H,7-9H2,1-4H3/p+1/t11-,13+,16+/m1/s1. The molecule has 0 aromatic carbocycles. The van der Waals surface area contributed by atoms with E-state index in [1.807, 2.05) is 0 Å². The third-order valence-corrected chi connectivity index (χ3v) is 7.64. The number of aliphatic carboxylic acids is 1. The lowest BCUT2D eigenvalue weighted by atomic mass is 9.96. The van der Waals surface area contributed by atoms with Gasteiger partial charge in [0.2, 0.25) is 12.5 Å². The molecule has 1 N–H and O–H groups in total. The largest absolute Gasteiger partial charge is 0.480 e. The summed E-state index contributed by atoms with van der Waals surface area (Å²) in [6.07, 6.45) is 2.70. The van der Waals surface area contributed by atoms with Crippen LogP contribution in [0.4, 0.5) is 0 Å². The molecule has 2 aliphatic rings. The van der Waals surface area contributed by atoms with Crippen LogP contribution in [0.2, 0.25) is 0 Å². The van der Waals surface area contributed by atoms with Gasteiger partial charge in [0.1, 0.15) is 22.3 Å². The van der Waals surface area contributed by atoms with E-state index >= 15 is 0 Å². The van der Waals surface area contributed by atoms with Crippen LogP contribution in [0, 0.1) is 0 Å². The van der Waals surface area contributed by atoms with Crippen molar-refractivity contribution in [3.05, 3.63) is 12.4 Å². The predicted molar refractivity (Wildman–Crippen MR) is 92.3 cm³/mol. The minimum Gasteiger partial charge on any atom is -0.480 e. The molecule has 0 bridgehead atoms. The number of amides is 1. The highest BCUT2D eigenvalue weighted by molar-refractivity contribution is 7.93. The molecule has 12 heteroatoms. The van der Waals surface area contributed by atoms with E-state index < -0.39 is 49.4 Å². The number of hydrogen-bond donors (Lipinski definition) is 1. The van der Waals surface area contributed by atoms with Gasteiger partial charge in [0, 0.05) is 0 Å². The van der Waals surface area contributed by atoms with Crippen LogP contribution in [-0.2, 0) is 42.0 Å². The lowest BCUT2D eigenvalue weighted by Gasteiger charge is -2.35. The molecule has 0 unspecified atom stereocenters. The van der Waals surface area contributed by atoms with E-state index in [0.29, 0.717) is 0 Å². The van der Waals surface area contributed by atoms with Crippen molar-refractivity contribution in [1.29, 1.82) is 0 Å². The van der Waals surface area contributed by atoms with Gasteiger partial charge in [-0.1, -0.05) is 0 Å². The summed E-state index contributed by atoms with van der Waals surface area (Å²) in [7, 11) is -3.93. The van der Waals surface area contributed by atoms with E-state index in [4.69, 9.17) is 4.74 Å². The topological polar surface area (TPSA) is 140 Å². The number of sulfone groups is 1. The van der Waals surface area contributed by atoms with Crippen LogP contribution in [0.1, 0.15) is 34.1 Å². The quantitative estimate of drug-likeness (QED) is 0.356. The van der Waals surface area contributed by atoms with Gasteiger partial charge in [-0.15, -0.1) is 9.36 Å². The maximum atomic E-state index is 12.9. The first-order valence-corrected chi connectivity index (χ1v) is 10.2. The number of rotatable bonds is 5. The Bertz CT molecular complexity index is 948. The summed E-state index contributed by atoms with van der Waals surface area (Å²) in [6.45, 7) is 6.06. The van der Waals surface area contributed by atoms with Crippen LogP contribution in [0.3, 0.4) is 0 Å². The van der Waals surface area contributed by atoms with Crippen molar-refractivity contribution in [1.82, 2.24) is 14.8 Å². The molecule has 154 valence electrons. The lowest BCUT2D eigenvalue weighted by Crippen LogP contribution is -2.58. The number of ether oxygens (including phenoxy) is 1. The number of carbonyl (C=O) groups is 3. The molecule has 11 nitrogen and oxygen atoms in total. The zero-order chi connectivity index (χ0) is 21.1. The smallest absolute Gasteiger partial charge is 0.351 e. The van der Waals surface area contributed by atoms with Crippen molar-refractivity contribution < 1.29 is 37.3 Å². The SMILES string of the molecule is CC(C)(C)OC(=O)C[n+]1ccn(C[C@@]2(C)[C@H](C(=O)O)N3C(=O)C[C@H]3S2(=O)=O)n1. The Morgan fingerprint density at radius 3 is 2.61 bits per heavy atom. The van der Waals surface area contributed by atoms with Gasteiger partial charge >= 0.3 is 11.9 Å². The zero-order valence-corrected chi connectivity index (χ0v) is 16.8. The number of hydrogen-bond acceptors (Lipinski definition) is 7. The number of carbonyl (C=O) groups excluding carboxylic acids is 2. The fraction of sp³-hybridized carbons (Fsp3) is 0.688. The van der Waals surface area contributed by atoms with Crippen LogP contribution in [0.5, 0.6) is 0 Å². The molecule has 3 atom stereocenters. The van der Waals surface area contributed by atoms with Gasteiger partial charge < -0.3 is 14.7 Å². The second-order valence-corrected chi connectivity index (χ2v) is 10.8. The van der Waals surface area contributed by atoms with Crippen LogP contribution >= 0.6 is 0 Å². The van der Waals surface area contributed by atoms with Gasteiger partial charge in [-0.2, -0.15) is 0 Å². The number of carboxylic acid groups (broad SMARTS) is 1. The zero-order valence-electron chi connectivity index (χ0n) is 16.0. The minimum absolute atomic E-state index is 0.177.